The third kappa shape index (κ3) is 1.46. The second kappa shape index (κ2) is 3.05. The van der Waals surface area contributed by atoms with Crippen LogP contribution in [-0.4, -0.2) is 31.1 Å². The summed E-state index contributed by atoms with van der Waals surface area (Å²) in [5.41, 5.74) is 0. The Bertz CT molecular complexity index is 59.5. The Kier molecular flexibility index (Phi) is 2.30. The van der Waals surface area contributed by atoms with E-state index in [1.165, 1.54) is 12.8 Å². The third-order valence-corrected chi connectivity index (χ3v) is 1.61. The summed E-state index contributed by atoms with van der Waals surface area (Å²) in [6.45, 7) is 3.14. The first-order valence-electron chi connectivity index (χ1n) is 3.24. The van der Waals surface area contributed by atoms with E-state index in [0.29, 0.717) is 0 Å². The molecule has 1 radical (unpaired) electrons. The van der Waals surface area contributed by atoms with Crippen LogP contribution in [0.3, 0.4) is 0 Å². The van der Waals surface area contributed by atoms with Crippen molar-refractivity contribution in [3.05, 3.63) is 0 Å². The lowest BCUT2D eigenvalue weighted by Gasteiger charge is -2.09. The van der Waals surface area contributed by atoms with Crippen LogP contribution in [0, 0.1) is 0 Å². The molecule has 0 aromatic heterocycles. The van der Waals surface area contributed by atoms with Gasteiger partial charge in [-0.1, -0.05) is 0 Å². The summed E-state index contributed by atoms with van der Waals surface area (Å²) in [5.74, 6) is 0. The SMILES string of the molecule is [O]CCN1CCCC1. The number of likely N-dealkylation sites (tertiary alicyclic amines) is 1. The summed E-state index contributed by atoms with van der Waals surface area (Å²) in [4.78, 5) is 2.23. The maximum atomic E-state index is 10.0. The highest BCUT2D eigenvalue weighted by Crippen LogP contribution is 2.05. The van der Waals surface area contributed by atoms with E-state index in [2.05, 4.69) is 4.90 Å². The Labute approximate surface area is 50.1 Å². The maximum Gasteiger partial charge on any atom is 0.0949 e. The van der Waals surface area contributed by atoms with Crippen molar-refractivity contribution in [2.45, 2.75) is 12.8 Å². The molecule has 1 rings (SSSR count). The molecule has 0 amide bonds. The number of hydrogen-bond acceptors (Lipinski definition) is 1. The number of hydrogen-bond donors (Lipinski definition) is 0. The van der Waals surface area contributed by atoms with Crippen molar-refractivity contribution in [3.8, 4) is 0 Å². The van der Waals surface area contributed by atoms with Gasteiger partial charge in [-0.3, -0.25) is 0 Å². The van der Waals surface area contributed by atoms with Crippen LogP contribution < -0.4 is 0 Å². The van der Waals surface area contributed by atoms with Gasteiger partial charge in [0.1, 0.15) is 0 Å². The van der Waals surface area contributed by atoms with Crippen molar-refractivity contribution >= 4 is 0 Å². The van der Waals surface area contributed by atoms with Gasteiger partial charge in [-0.15, -0.1) is 0 Å². The normalized spacial score (nSPS) is 22.1. The molecule has 0 spiro atoms. The summed E-state index contributed by atoms with van der Waals surface area (Å²) in [6, 6.07) is 0. The van der Waals surface area contributed by atoms with Gasteiger partial charge in [-0.05, 0) is 25.9 Å². The lowest BCUT2D eigenvalue weighted by atomic mass is 10.4. The second-order valence-corrected chi connectivity index (χ2v) is 2.25. The lowest BCUT2D eigenvalue weighted by Crippen LogP contribution is -2.22. The predicted molar refractivity (Wildman–Crippen MR) is 31.2 cm³/mol. The van der Waals surface area contributed by atoms with Gasteiger partial charge in [0, 0.05) is 6.54 Å². The van der Waals surface area contributed by atoms with Crippen LogP contribution in [0.4, 0.5) is 0 Å². The highest BCUT2D eigenvalue weighted by molar-refractivity contribution is 4.64. The molecule has 0 saturated carbocycles. The monoisotopic (exact) mass is 114 g/mol. The predicted octanol–water partition coefficient (Wildman–Crippen LogP) is 0.513. The average Bonchev–Trinajstić information content (AvgIpc) is 2.19. The summed E-state index contributed by atoms with van der Waals surface area (Å²) in [7, 11) is 0. The van der Waals surface area contributed by atoms with E-state index in [-0.39, 0.29) is 6.61 Å². The van der Waals surface area contributed by atoms with Crippen molar-refractivity contribution in [2.24, 2.45) is 0 Å². The summed E-state index contributed by atoms with van der Waals surface area (Å²) in [6.07, 6.45) is 2.58. The van der Waals surface area contributed by atoms with Gasteiger partial charge >= 0.3 is 0 Å². The molecule has 0 unspecified atom stereocenters. The van der Waals surface area contributed by atoms with E-state index >= 15 is 0 Å². The first-order chi connectivity index (χ1) is 3.93. The van der Waals surface area contributed by atoms with Gasteiger partial charge in [0.05, 0.1) is 6.61 Å². The molecule has 2 heteroatoms. The van der Waals surface area contributed by atoms with Gasteiger partial charge in [-0.25, -0.2) is 5.11 Å². The van der Waals surface area contributed by atoms with Gasteiger partial charge in [-0.2, -0.15) is 0 Å². The summed E-state index contributed by atoms with van der Waals surface area (Å²) < 4.78 is 0. The van der Waals surface area contributed by atoms with Crippen molar-refractivity contribution in [2.75, 3.05) is 26.2 Å². The molecule has 0 aliphatic carbocycles. The fourth-order valence-corrected chi connectivity index (χ4v) is 1.14. The largest absolute Gasteiger partial charge is 0.301 e. The topological polar surface area (TPSA) is 23.1 Å². The van der Waals surface area contributed by atoms with Crippen LogP contribution in [-0.2, 0) is 5.11 Å². The van der Waals surface area contributed by atoms with Crippen molar-refractivity contribution in [1.82, 2.24) is 4.90 Å². The van der Waals surface area contributed by atoms with Crippen LogP contribution in [0.25, 0.3) is 0 Å². The molecule has 0 N–H and O–H groups in total. The molecule has 0 bridgehead atoms. The van der Waals surface area contributed by atoms with Crippen LogP contribution in [0.5, 0.6) is 0 Å². The highest BCUT2D eigenvalue weighted by atomic mass is 16.3. The van der Waals surface area contributed by atoms with E-state index in [1.807, 2.05) is 0 Å². The van der Waals surface area contributed by atoms with Crippen molar-refractivity contribution < 1.29 is 5.11 Å². The zero-order valence-electron chi connectivity index (χ0n) is 5.10. The molecule has 1 heterocycles. The second-order valence-electron chi connectivity index (χ2n) is 2.25. The zero-order chi connectivity index (χ0) is 5.82. The molecule has 0 aromatic carbocycles. The van der Waals surface area contributed by atoms with Crippen LogP contribution in [0.15, 0.2) is 0 Å². The van der Waals surface area contributed by atoms with E-state index in [0.717, 1.165) is 19.6 Å². The fourth-order valence-electron chi connectivity index (χ4n) is 1.14. The van der Waals surface area contributed by atoms with Gasteiger partial charge in [0.15, 0.2) is 0 Å². The first-order valence-corrected chi connectivity index (χ1v) is 3.24. The quantitative estimate of drug-likeness (QED) is 0.513. The molecule has 0 atom stereocenters. The molecule has 1 aliphatic heterocycles. The van der Waals surface area contributed by atoms with E-state index in [4.69, 9.17) is 0 Å². The lowest BCUT2D eigenvalue weighted by molar-refractivity contribution is 0.153. The molecule has 1 saturated heterocycles. The Hall–Kier alpha value is -0.0800. The standard InChI is InChI=1S/C6H12NO/c8-6-5-7-3-1-2-4-7/h1-6H2. The van der Waals surface area contributed by atoms with Gasteiger partial charge in [0.2, 0.25) is 0 Å². The molecule has 0 aromatic rings. The highest BCUT2D eigenvalue weighted by Gasteiger charge is 2.09. The number of rotatable bonds is 2. The zero-order valence-corrected chi connectivity index (χ0v) is 5.10. The van der Waals surface area contributed by atoms with E-state index < -0.39 is 0 Å². The molecule has 47 valence electrons. The van der Waals surface area contributed by atoms with Crippen molar-refractivity contribution in [1.29, 1.82) is 0 Å². The Morgan fingerprint density at radius 1 is 1.25 bits per heavy atom. The molecule has 8 heavy (non-hydrogen) atoms. The van der Waals surface area contributed by atoms with E-state index in [9.17, 15) is 5.11 Å². The smallest absolute Gasteiger partial charge is 0.0949 e. The van der Waals surface area contributed by atoms with E-state index in [1.54, 1.807) is 0 Å². The van der Waals surface area contributed by atoms with Gasteiger partial charge in [0.25, 0.3) is 0 Å². The van der Waals surface area contributed by atoms with Crippen LogP contribution in [0.2, 0.25) is 0 Å². The van der Waals surface area contributed by atoms with Crippen molar-refractivity contribution in [3.63, 3.8) is 0 Å². The molecular formula is C6H12NO. The average molecular weight is 114 g/mol. The van der Waals surface area contributed by atoms with Crippen LogP contribution >= 0.6 is 0 Å². The fraction of sp³-hybridized carbons (Fsp3) is 1.00. The Balaban J connectivity index is 2.06. The first kappa shape index (κ1) is 6.05. The third-order valence-electron chi connectivity index (χ3n) is 1.61. The summed E-state index contributed by atoms with van der Waals surface area (Å²) >= 11 is 0. The minimum atomic E-state index is 0.0694. The van der Waals surface area contributed by atoms with Gasteiger partial charge < -0.3 is 4.90 Å². The number of nitrogens with zero attached hydrogens (tertiary/aromatic N) is 1. The summed E-state index contributed by atoms with van der Waals surface area (Å²) in [5, 5.41) is 10.0. The minimum Gasteiger partial charge on any atom is -0.301 e. The maximum absolute atomic E-state index is 10.0. The molecular weight excluding hydrogens is 102 g/mol. The Morgan fingerprint density at radius 3 is 2.38 bits per heavy atom. The molecule has 1 aliphatic rings. The molecule has 2 nitrogen and oxygen atoms in total. The Morgan fingerprint density at radius 2 is 1.88 bits per heavy atom. The van der Waals surface area contributed by atoms with Crippen LogP contribution in [0.1, 0.15) is 12.8 Å². The molecule has 1 fully saturated rings. The minimum absolute atomic E-state index is 0.0694.